The normalized spacial score (nSPS) is 13.8. The number of carboxylic acids is 2. The van der Waals surface area contributed by atoms with Gasteiger partial charge in [-0.05, 0) is 42.5 Å². The van der Waals surface area contributed by atoms with Crippen molar-refractivity contribution in [1.82, 2.24) is 16.0 Å². The van der Waals surface area contributed by atoms with Crippen LogP contribution in [-0.2, 0) is 35.2 Å². The third kappa shape index (κ3) is 11.9. The number of hydrogen-bond acceptors (Lipinski definition) is 9. The maximum Gasteiger partial charge on any atom is 0.326 e. The summed E-state index contributed by atoms with van der Waals surface area (Å²) in [6.07, 6.45) is 0.689. The van der Waals surface area contributed by atoms with Gasteiger partial charge in [0.25, 0.3) is 0 Å². The number of nitrogens with two attached hydrogens (primary N) is 2. The van der Waals surface area contributed by atoms with Crippen molar-refractivity contribution in [2.45, 2.75) is 56.3 Å². The van der Waals surface area contributed by atoms with Gasteiger partial charge in [-0.15, -0.1) is 0 Å². The molecular formula is C23H33N5O9S. The second-order valence-electron chi connectivity index (χ2n) is 8.38. The van der Waals surface area contributed by atoms with Gasteiger partial charge in [0.2, 0.25) is 23.6 Å². The fraction of sp³-hybridized carbons (Fsp3) is 0.478. The fourth-order valence-corrected chi connectivity index (χ4v) is 3.68. The van der Waals surface area contributed by atoms with E-state index < -0.39 is 66.2 Å². The molecule has 210 valence electrons. The third-order valence-electron chi connectivity index (χ3n) is 5.28. The van der Waals surface area contributed by atoms with Crippen LogP contribution in [0.2, 0.25) is 0 Å². The first-order chi connectivity index (χ1) is 17.8. The number of phenols is 1. The number of carbonyl (C=O) groups excluding carboxylic acids is 4. The molecule has 0 saturated heterocycles. The topological polar surface area (TPSA) is 251 Å². The lowest BCUT2D eigenvalue weighted by Gasteiger charge is -2.25. The Hall–Kier alpha value is -3.85. The molecule has 0 aliphatic heterocycles. The minimum absolute atomic E-state index is 0.0181. The predicted molar refractivity (Wildman–Crippen MR) is 137 cm³/mol. The Bertz CT molecular complexity index is 1010. The van der Waals surface area contributed by atoms with Crippen LogP contribution in [0.15, 0.2) is 24.3 Å². The quantitative estimate of drug-likeness (QED) is 0.107. The van der Waals surface area contributed by atoms with E-state index in [2.05, 4.69) is 16.0 Å². The van der Waals surface area contributed by atoms with E-state index in [9.17, 15) is 39.0 Å². The number of aliphatic carboxylic acids is 2. The van der Waals surface area contributed by atoms with Crippen molar-refractivity contribution in [1.29, 1.82) is 0 Å². The van der Waals surface area contributed by atoms with Crippen LogP contribution < -0.4 is 27.4 Å². The first kappa shape index (κ1) is 32.2. The minimum atomic E-state index is -1.72. The van der Waals surface area contributed by atoms with Gasteiger partial charge >= 0.3 is 11.9 Å². The Balaban J connectivity index is 3.12. The number of aromatic hydroxyl groups is 1. The van der Waals surface area contributed by atoms with E-state index in [-0.39, 0.29) is 31.4 Å². The number of carbonyl (C=O) groups is 6. The lowest BCUT2D eigenvalue weighted by atomic mass is 10.0. The molecule has 0 radical (unpaired) electrons. The number of nitrogens with one attached hydrogen (secondary N) is 3. The standard InChI is InChI=1S/C23H33N5O9S/c1-38-9-8-15(21(34)28-17(23(36)37)11-19(31)32)26-22(35)16(10-12-2-4-13(29)5-3-12)27-20(33)14(24)6-7-18(25)30/h2-5,14-17,29H,6-11,24H2,1H3,(H2,25,30)(H,26,35)(H,27,33)(H,28,34)(H,31,32)(H,36,37). The molecule has 0 aliphatic carbocycles. The van der Waals surface area contributed by atoms with Gasteiger partial charge in [0, 0.05) is 12.8 Å². The summed E-state index contributed by atoms with van der Waals surface area (Å²) in [5, 5.41) is 34.8. The predicted octanol–water partition coefficient (Wildman–Crippen LogP) is -1.71. The highest BCUT2D eigenvalue weighted by atomic mass is 32.2. The molecule has 4 amide bonds. The fourth-order valence-electron chi connectivity index (χ4n) is 3.21. The molecular weight excluding hydrogens is 522 g/mol. The van der Waals surface area contributed by atoms with Crippen LogP contribution in [0.25, 0.3) is 0 Å². The Morgan fingerprint density at radius 3 is 1.95 bits per heavy atom. The van der Waals surface area contributed by atoms with Crippen molar-refractivity contribution in [3.63, 3.8) is 0 Å². The van der Waals surface area contributed by atoms with E-state index in [0.717, 1.165) is 0 Å². The minimum Gasteiger partial charge on any atom is -0.508 e. The molecule has 1 aromatic rings. The summed E-state index contributed by atoms with van der Waals surface area (Å²) >= 11 is 1.36. The SMILES string of the molecule is CSCCC(NC(=O)C(Cc1ccc(O)cc1)NC(=O)C(N)CCC(N)=O)C(=O)NC(CC(=O)O)C(=O)O. The Morgan fingerprint density at radius 2 is 1.42 bits per heavy atom. The zero-order chi connectivity index (χ0) is 28.8. The molecule has 15 heteroatoms. The van der Waals surface area contributed by atoms with E-state index in [1.165, 1.54) is 36.0 Å². The highest BCUT2D eigenvalue weighted by molar-refractivity contribution is 7.98. The average Bonchev–Trinajstić information content (AvgIpc) is 2.84. The molecule has 14 nitrogen and oxygen atoms in total. The number of rotatable bonds is 17. The molecule has 1 aromatic carbocycles. The molecule has 4 unspecified atom stereocenters. The van der Waals surface area contributed by atoms with E-state index in [1.54, 1.807) is 6.26 Å². The van der Waals surface area contributed by atoms with E-state index in [4.69, 9.17) is 16.6 Å². The van der Waals surface area contributed by atoms with Gasteiger partial charge in [0.05, 0.1) is 12.5 Å². The zero-order valence-electron chi connectivity index (χ0n) is 20.7. The van der Waals surface area contributed by atoms with Crippen molar-refractivity contribution in [2.24, 2.45) is 11.5 Å². The summed E-state index contributed by atoms with van der Waals surface area (Å²) in [5.74, 6) is -5.73. The highest BCUT2D eigenvalue weighted by Gasteiger charge is 2.31. The monoisotopic (exact) mass is 555 g/mol. The van der Waals surface area contributed by atoms with Gasteiger partial charge in [-0.1, -0.05) is 12.1 Å². The Morgan fingerprint density at radius 1 is 0.868 bits per heavy atom. The van der Waals surface area contributed by atoms with Crippen LogP contribution in [0.1, 0.15) is 31.2 Å². The molecule has 0 saturated carbocycles. The summed E-state index contributed by atoms with van der Waals surface area (Å²) in [6.45, 7) is 0. The van der Waals surface area contributed by atoms with Gasteiger partial charge in [0.1, 0.15) is 23.9 Å². The van der Waals surface area contributed by atoms with E-state index >= 15 is 0 Å². The van der Waals surface area contributed by atoms with Crippen molar-refractivity contribution in [3.05, 3.63) is 29.8 Å². The van der Waals surface area contributed by atoms with Crippen LogP contribution in [0.4, 0.5) is 0 Å². The highest BCUT2D eigenvalue weighted by Crippen LogP contribution is 2.12. The summed E-state index contributed by atoms with van der Waals surface area (Å²) in [5.41, 5.74) is 11.4. The first-order valence-electron chi connectivity index (χ1n) is 11.5. The smallest absolute Gasteiger partial charge is 0.326 e. The molecule has 0 spiro atoms. The summed E-state index contributed by atoms with van der Waals surface area (Å²) in [6, 6.07) is 0.456. The van der Waals surface area contributed by atoms with E-state index in [0.29, 0.717) is 11.3 Å². The van der Waals surface area contributed by atoms with Gasteiger partial charge in [-0.3, -0.25) is 24.0 Å². The molecule has 4 atom stereocenters. The molecule has 0 aliphatic rings. The lowest BCUT2D eigenvalue weighted by molar-refractivity contribution is -0.147. The number of thioether (sulfide) groups is 1. The Kier molecular flexibility index (Phi) is 13.6. The van der Waals surface area contributed by atoms with Crippen LogP contribution in [-0.4, -0.2) is 87.1 Å². The van der Waals surface area contributed by atoms with Crippen molar-refractivity contribution in [3.8, 4) is 5.75 Å². The molecule has 1 rings (SSSR count). The van der Waals surface area contributed by atoms with Gasteiger partial charge < -0.3 is 42.7 Å². The van der Waals surface area contributed by atoms with Crippen LogP contribution in [0.3, 0.4) is 0 Å². The second kappa shape index (κ2) is 16.1. The van der Waals surface area contributed by atoms with Gasteiger partial charge in [0.15, 0.2) is 0 Å². The van der Waals surface area contributed by atoms with Gasteiger partial charge in [-0.25, -0.2) is 4.79 Å². The molecule has 0 fully saturated rings. The van der Waals surface area contributed by atoms with Crippen molar-refractivity contribution in [2.75, 3.05) is 12.0 Å². The second-order valence-corrected chi connectivity index (χ2v) is 9.37. The number of amides is 4. The number of benzene rings is 1. The molecule has 0 aromatic heterocycles. The lowest BCUT2D eigenvalue weighted by Crippen LogP contribution is -2.57. The first-order valence-corrected chi connectivity index (χ1v) is 12.9. The zero-order valence-corrected chi connectivity index (χ0v) is 21.5. The van der Waals surface area contributed by atoms with Crippen molar-refractivity contribution < 1.29 is 44.1 Å². The number of hydrogen-bond donors (Lipinski definition) is 8. The third-order valence-corrected chi connectivity index (χ3v) is 5.93. The summed E-state index contributed by atoms with van der Waals surface area (Å²) in [7, 11) is 0. The van der Waals surface area contributed by atoms with Crippen molar-refractivity contribution >= 4 is 47.3 Å². The molecule has 38 heavy (non-hydrogen) atoms. The maximum absolute atomic E-state index is 13.2. The van der Waals surface area contributed by atoms with E-state index in [1.807, 2.05) is 0 Å². The summed E-state index contributed by atoms with van der Waals surface area (Å²) < 4.78 is 0. The number of primary amides is 1. The van der Waals surface area contributed by atoms with Crippen LogP contribution >= 0.6 is 11.8 Å². The van der Waals surface area contributed by atoms with Crippen LogP contribution in [0.5, 0.6) is 5.75 Å². The van der Waals surface area contributed by atoms with Crippen LogP contribution in [0, 0.1) is 0 Å². The number of phenolic OH excluding ortho intramolecular Hbond substituents is 1. The number of carboxylic acid groups (broad SMARTS) is 2. The maximum atomic E-state index is 13.2. The molecule has 10 N–H and O–H groups in total. The van der Waals surface area contributed by atoms with Gasteiger partial charge in [-0.2, -0.15) is 11.8 Å². The molecule has 0 bridgehead atoms. The average molecular weight is 556 g/mol. The molecule has 0 heterocycles. The summed E-state index contributed by atoms with van der Waals surface area (Å²) in [4.78, 5) is 72.0. The Labute approximate surface area is 222 Å². The largest absolute Gasteiger partial charge is 0.508 e.